The second-order valence-corrected chi connectivity index (χ2v) is 8.41. The largest absolute Gasteiger partial charge is 0.342 e. The standard InChI is InChI=1S/C23H36N4O2/c1-2-15-27-21(28)20(10-6-7-14-24)25-22(29)23(27)12-17-26(18-13-23)16-11-19-8-4-3-5-9-19/h3-5,8-9,20H,2,6-7,10-18,24H2,1H3,(H,25,29)/t20-/m0/s1. The second kappa shape index (κ2) is 10.2. The molecule has 1 aromatic carbocycles. The van der Waals surface area contributed by atoms with Crippen LogP contribution in [0.3, 0.4) is 0 Å². The molecule has 0 bridgehead atoms. The predicted octanol–water partition coefficient (Wildman–Crippen LogP) is 1.93. The maximum atomic E-state index is 13.2. The van der Waals surface area contributed by atoms with Crippen molar-refractivity contribution in [3.8, 4) is 0 Å². The Balaban J connectivity index is 1.62. The number of nitrogens with zero attached hydrogens (tertiary/aromatic N) is 2. The Kier molecular flexibility index (Phi) is 7.67. The van der Waals surface area contributed by atoms with E-state index in [0.29, 0.717) is 19.5 Å². The van der Waals surface area contributed by atoms with Crippen LogP contribution in [0.15, 0.2) is 30.3 Å². The first-order chi connectivity index (χ1) is 14.1. The molecule has 0 aliphatic carbocycles. The molecule has 0 radical (unpaired) electrons. The molecule has 2 heterocycles. The van der Waals surface area contributed by atoms with Crippen molar-refractivity contribution in [2.75, 3.05) is 32.7 Å². The van der Waals surface area contributed by atoms with E-state index in [1.165, 1.54) is 5.56 Å². The number of nitrogens with two attached hydrogens (primary N) is 1. The average molecular weight is 401 g/mol. The summed E-state index contributed by atoms with van der Waals surface area (Å²) in [6, 6.07) is 10.1. The molecule has 0 unspecified atom stereocenters. The third kappa shape index (κ3) is 4.98. The normalized spacial score (nSPS) is 22.1. The van der Waals surface area contributed by atoms with Gasteiger partial charge >= 0.3 is 0 Å². The maximum Gasteiger partial charge on any atom is 0.246 e. The Hall–Kier alpha value is -1.92. The zero-order valence-corrected chi connectivity index (χ0v) is 17.7. The number of carbonyl (C=O) groups is 2. The zero-order valence-electron chi connectivity index (χ0n) is 17.7. The maximum absolute atomic E-state index is 13.2. The van der Waals surface area contributed by atoms with Crippen LogP contribution in [-0.4, -0.2) is 65.9 Å². The van der Waals surface area contributed by atoms with Crippen LogP contribution in [0.1, 0.15) is 51.0 Å². The molecule has 1 atom stereocenters. The first-order valence-electron chi connectivity index (χ1n) is 11.2. The van der Waals surface area contributed by atoms with E-state index in [-0.39, 0.29) is 17.9 Å². The molecule has 0 aromatic heterocycles. The highest BCUT2D eigenvalue weighted by atomic mass is 16.2. The lowest BCUT2D eigenvalue weighted by molar-refractivity contribution is -0.161. The summed E-state index contributed by atoms with van der Waals surface area (Å²) in [6.45, 7) is 6.05. The highest BCUT2D eigenvalue weighted by Gasteiger charge is 2.52. The van der Waals surface area contributed by atoms with Crippen molar-refractivity contribution in [1.29, 1.82) is 0 Å². The Morgan fingerprint density at radius 2 is 1.83 bits per heavy atom. The van der Waals surface area contributed by atoms with Crippen molar-refractivity contribution in [3.05, 3.63) is 35.9 Å². The van der Waals surface area contributed by atoms with E-state index in [1.54, 1.807) is 0 Å². The Morgan fingerprint density at radius 3 is 2.48 bits per heavy atom. The van der Waals surface area contributed by atoms with E-state index in [0.717, 1.165) is 58.2 Å². The molecule has 1 spiro atoms. The summed E-state index contributed by atoms with van der Waals surface area (Å²) in [5.41, 5.74) is 6.25. The number of carbonyl (C=O) groups excluding carboxylic acids is 2. The van der Waals surface area contributed by atoms with Gasteiger partial charge in [-0.2, -0.15) is 0 Å². The Morgan fingerprint density at radius 1 is 1.10 bits per heavy atom. The van der Waals surface area contributed by atoms with Crippen LogP contribution in [-0.2, 0) is 16.0 Å². The van der Waals surface area contributed by atoms with Crippen molar-refractivity contribution in [2.45, 2.75) is 63.5 Å². The van der Waals surface area contributed by atoms with Gasteiger partial charge < -0.3 is 20.9 Å². The molecular weight excluding hydrogens is 364 g/mol. The molecule has 160 valence electrons. The molecule has 6 nitrogen and oxygen atoms in total. The number of unbranched alkanes of at least 4 members (excludes halogenated alkanes) is 1. The molecular formula is C23H36N4O2. The summed E-state index contributed by atoms with van der Waals surface area (Å²) in [5.74, 6) is 0.146. The third-order valence-electron chi connectivity index (χ3n) is 6.45. The van der Waals surface area contributed by atoms with Gasteiger partial charge in [0.2, 0.25) is 11.8 Å². The highest BCUT2D eigenvalue weighted by Crippen LogP contribution is 2.34. The van der Waals surface area contributed by atoms with E-state index < -0.39 is 5.54 Å². The number of rotatable bonds is 9. The van der Waals surface area contributed by atoms with Gasteiger partial charge in [0.15, 0.2) is 0 Å². The van der Waals surface area contributed by atoms with Gasteiger partial charge in [-0.05, 0) is 57.1 Å². The summed E-state index contributed by atoms with van der Waals surface area (Å²) in [5, 5.41) is 3.06. The van der Waals surface area contributed by atoms with E-state index >= 15 is 0 Å². The summed E-state index contributed by atoms with van der Waals surface area (Å²) in [6.07, 6.45) is 5.75. The highest BCUT2D eigenvalue weighted by molar-refractivity contribution is 6.00. The molecule has 3 rings (SSSR count). The van der Waals surface area contributed by atoms with Crippen LogP contribution in [0.25, 0.3) is 0 Å². The smallest absolute Gasteiger partial charge is 0.246 e. The number of piperidine rings is 1. The van der Waals surface area contributed by atoms with Crippen molar-refractivity contribution in [1.82, 2.24) is 15.1 Å². The Bertz CT molecular complexity index is 671. The number of likely N-dealkylation sites (tertiary alicyclic amines) is 1. The number of nitrogens with one attached hydrogen (secondary N) is 1. The predicted molar refractivity (Wildman–Crippen MR) is 115 cm³/mol. The molecule has 29 heavy (non-hydrogen) atoms. The quantitative estimate of drug-likeness (QED) is 0.621. The van der Waals surface area contributed by atoms with Crippen LogP contribution in [0.5, 0.6) is 0 Å². The van der Waals surface area contributed by atoms with E-state index in [4.69, 9.17) is 5.73 Å². The minimum atomic E-state index is -0.666. The van der Waals surface area contributed by atoms with Gasteiger partial charge in [-0.3, -0.25) is 9.59 Å². The molecule has 2 fully saturated rings. The molecule has 2 saturated heterocycles. The van der Waals surface area contributed by atoms with Crippen molar-refractivity contribution in [3.63, 3.8) is 0 Å². The van der Waals surface area contributed by atoms with Crippen LogP contribution in [0.2, 0.25) is 0 Å². The summed E-state index contributed by atoms with van der Waals surface area (Å²) in [4.78, 5) is 30.7. The first kappa shape index (κ1) is 21.8. The van der Waals surface area contributed by atoms with Gasteiger partial charge in [0, 0.05) is 26.2 Å². The fraction of sp³-hybridized carbons (Fsp3) is 0.652. The van der Waals surface area contributed by atoms with Crippen molar-refractivity contribution in [2.24, 2.45) is 5.73 Å². The van der Waals surface area contributed by atoms with E-state index in [9.17, 15) is 9.59 Å². The summed E-state index contributed by atoms with van der Waals surface area (Å²) < 4.78 is 0. The SMILES string of the molecule is CCCN1C(=O)[C@H](CCCCN)NC(=O)C12CCN(CCc1ccccc1)CC2. The van der Waals surface area contributed by atoms with Crippen LogP contribution in [0, 0.1) is 0 Å². The number of piperazine rings is 1. The van der Waals surface area contributed by atoms with Crippen LogP contribution in [0.4, 0.5) is 0 Å². The molecule has 2 amide bonds. The van der Waals surface area contributed by atoms with E-state index in [1.807, 2.05) is 11.0 Å². The second-order valence-electron chi connectivity index (χ2n) is 8.41. The fourth-order valence-corrected chi connectivity index (χ4v) is 4.69. The fourth-order valence-electron chi connectivity index (χ4n) is 4.69. The van der Waals surface area contributed by atoms with Gasteiger partial charge in [0.05, 0.1) is 0 Å². The molecule has 1 aromatic rings. The first-order valence-corrected chi connectivity index (χ1v) is 11.2. The topological polar surface area (TPSA) is 78.7 Å². The van der Waals surface area contributed by atoms with Crippen LogP contribution >= 0.6 is 0 Å². The lowest BCUT2D eigenvalue weighted by Gasteiger charge is -2.51. The van der Waals surface area contributed by atoms with Gasteiger partial charge in [0.1, 0.15) is 11.6 Å². The lowest BCUT2D eigenvalue weighted by atomic mass is 9.81. The van der Waals surface area contributed by atoms with Crippen LogP contribution < -0.4 is 11.1 Å². The Labute approximate surface area is 174 Å². The van der Waals surface area contributed by atoms with Gasteiger partial charge in [0.25, 0.3) is 0 Å². The minimum Gasteiger partial charge on any atom is -0.342 e. The van der Waals surface area contributed by atoms with Crippen molar-refractivity contribution >= 4 is 11.8 Å². The third-order valence-corrected chi connectivity index (χ3v) is 6.45. The van der Waals surface area contributed by atoms with Gasteiger partial charge in [-0.25, -0.2) is 0 Å². The van der Waals surface area contributed by atoms with Gasteiger partial charge in [-0.15, -0.1) is 0 Å². The summed E-state index contributed by atoms with van der Waals surface area (Å²) >= 11 is 0. The monoisotopic (exact) mass is 400 g/mol. The number of amides is 2. The molecule has 0 saturated carbocycles. The molecule has 2 aliphatic rings. The number of benzene rings is 1. The number of hydrogen-bond donors (Lipinski definition) is 2. The molecule has 2 aliphatic heterocycles. The number of hydrogen-bond acceptors (Lipinski definition) is 4. The minimum absolute atomic E-state index is 0.0472. The lowest BCUT2D eigenvalue weighted by Crippen LogP contribution is -2.72. The van der Waals surface area contributed by atoms with Crippen molar-refractivity contribution < 1.29 is 9.59 Å². The summed E-state index contributed by atoms with van der Waals surface area (Å²) in [7, 11) is 0. The zero-order chi connectivity index (χ0) is 20.7. The molecule has 3 N–H and O–H groups in total. The molecule has 6 heteroatoms. The average Bonchev–Trinajstić information content (AvgIpc) is 2.75. The van der Waals surface area contributed by atoms with Gasteiger partial charge in [-0.1, -0.05) is 37.3 Å². The van der Waals surface area contributed by atoms with E-state index in [2.05, 4.69) is 41.4 Å².